The summed E-state index contributed by atoms with van der Waals surface area (Å²) in [6.45, 7) is 2.60. The second-order valence-electron chi connectivity index (χ2n) is 4.89. The zero-order valence-electron chi connectivity index (χ0n) is 12.0. The summed E-state index contributed by atoms with van der Waals surface area (Å²) in [4.78, 5) is 8.48. The average molecular weight is 275 g/mol. The quantitative estimate of drug-likeness (QED) is 0.780. The highest BCUT2D eigenvalue weighted by Crippen LogP contribution is 2.21. The third kappa shape index (κ3) is 3.45. The first-order valence-electron chi connectivity index (χ1n) is 6.99. The molecule has 2 aromatic carbocycles. The van der Waals surface area contributed by atoms with Gasteiger partial charge < -0.3 is 5.32 Å². The van der Waals surface area contributed by atoms with Gasteiger partial charge >= 0.3 is 0 Å². The lowest BCUT2D eigenvalue weighted by Gasteiger charge is -2.08. The maximum atomic E-state index is 4.38. The van der Waals surface area contributed by atoms with Gasteiger partial charge in [0.2, 0.25) is 0 Å². The van der Waals surface area contributed by atoms with Crippen molar-refractivity contribution in [1.29, 1.82) is 0 Å². The molecule has 0 radical (unpaired) electrons. The molecular formula is C18H17N3. The highest BCUT2D eigenvalue weighted by Gasteiger charge is 1.99. The van der Waals surface area contributed by atoms with Crippen LogP contribution in [0.3, 0.4) is 0 Å². The Morgan fingerprint density at radius 2 is 1.57 bits per heavy atom. The van der Waals surface area contributed by atoms with E-state index in [2.05, 4.69) is 63.8 Å². The van der Waals surface area contributed by atoms with Gasteiger partial charge in [-0.2, -0.15) is 0 Å². The van der Waals surface area contributed by atoms with Crippen LogP contribution in [0.4, 0.5) is 5.69 Å². The van der Waals surface area contributed by atoms with Crippen LogP contribution in [0.5, 0.6) is 0 Å². The molecule has 0 bridgehead atoms. The zero-order valence-corrected chi connectivity index (χ0v) is 12.0. The topological polar surface area (TPSA) is 37.8 Å². The lowest BCUT2D eigenvalue weighted by molar-refractivity contribution is 0.955. The second kappa shape index (κ2) is 6.18. The van der Waals surface area contributed by atoms with Crippen molar-refractivity contribution in [3.05, 3.63) is 78.4 Å². The van der Waals surface area contributed by atoms with Gasteiger partial charge in [0, 0.05) is 11.9 Å². The number of rotatable bonds is 4. The normalized spacial score (nSPS) is 10.3. The van der Waals surface area contributed by atoms with Gasteiger partial charge in [-0.3, -0.25) is 0 Å². The molecule has 3 rings (SSSR count). The molecule has 0 spiro atoms. The van der Waals surface area contributed by atoms with E-state index in [1.165, 1.54) is 11.1 Å². The highest BCUT2D eigenvalue weighted by molar-refractivity contribution is 5.65. The molecule has 0 amide bonds. The lowest BCUT2D eigenvalue weighted by atomic mass is 10.1. The Hall–Kier alpha value is -2.68. The third-order valence-electron chi connectivity index (χ3n) is 3.30. The van der Waals surface area contributed by atoms with Crippen molar-refractivity contribution < 1.29 is 0 Å². The lowest BCUT2D eigenvalue weighted by Crippen LogP contribution is -2.03. The maximum Gasteiger partial charge on any atom is 0.125 e. The highest BCUT2D eigenvalue weighted by atomic mass is 14.9. The maximum absolute atomic E-state index is 4.38. The fourth-order valence-electron chi connectivity index (χ4n) is 2.21. The Labute approximate surface area is 124 Å². The molecule has 3 nitrogen and oxygen atoms in total. The van der Waals surface area contributed by atoms with Crippen molar-refractivity contribution in [2.75, 3.05) is 5.32 Å². The molecule has 0 aliphatic rings. The number of aromatic nitrogens is 2. The van der Waals surface area contributed by atoms with E-state index in [4.69, 9.17) is 0 Å². The molecule has 0 fully saturated rings. The summed E-state index contributed by atoms with van der Waals surface area (Å²) in [6, 6.07) is 20.7. The number of nitrogens with zero attached hydrogens (tertiary/aromatic N) is 2. The summed E-state index contributed by atoms with van der Waals surface area (Å²) < 4.78 is 0. The Kier molecular flexibility index (Phi) is 3.92. The number of aryl methyl sites for hydroxylation is 1. The predicted octanol–water partition coefficient (Wildman–Crippen LogP) is 4.06. The first kappa shape index (κ1) is 13.3. The van der Waals surface area contributed by atoms with Crippen molar-refractivity contribution >= 4 is 5.69 Å². The number of anilines is 1. The molecule has 104 valence electrons. The van der Waals surface area contributed by atoms with Crippen molar-refractivity contribution in [3.8, 4) is 11.1 Å². The minimum atomic E-state index is 0.702. The van der Waals surface area contributed by atoms with Gasteiger partial charge in [0.1, 0.15) is 5.82 Å². The predicted molar refractivity (Wildman–Crippen MR) is 86.0 cm³/mol. The third-order valence-corrected chi connectivity index (χ3v) is 3.30. The fraction of sp³-hybridized carbons (Fsp3) is 0.111. The number of benzene rings is 2. The summed E-state index contributed by atoms with van der Waals surface area (Å²) in [6.07, 6.45) is 1.79. The van der Waals surface area contributed by atoms with Gasteiger partial charge in [-0.1, -0.05) is 42.5 Å². The summed E-state index contributed by atoms with van der Waals surface area (Å²) >= 11 is 0. The van der Waals surface area contributed by atoms with E-state index in [0.29, 0.717) is 6.54 Å². The molecule has 21 heavy (non-hydrogen) atoms. The Bertz CT molecular complexity index is 706. The molecule has 1 N–H and O–H groups in total. The van der Waals surface area contributed by atoms with Crippen molar-refractivity contribution in [2.24, 2.45) is 0 Å². The van der Waals surface area contributed by atoms with Crippen LogP contribution in [0.2, 0.25) is 0 Å². The van der Waals surface area contributed by atoms with Crippen LogP contribution in [-0.4, -0.2) is 9.97 Å². The zero-order chi connectivity index (χ0) is 14.5. The molecule has 3 aromatic rings. The van der Waals surface area contributed by atoms with Crippen LogP contribution in [0.1, 0.15) is 11.5 Å². The van der Waals surface area contributed by atoms with E-state index >= 15 is 0 Å². The van der Waals surface area contributed by atoms with E-state index in [9.17, 15) is 0 Å². The van der Waals surface area contributed by atoms with Gasteiger partial charge in [0.15, 0.2) is 0 Å². The van der Waals surface area contributed by atoms with Crippen LogP contribution in [0, 0.1) is 6.92 Å². The molecular weight excluding hydrogens is 258 g/mol. The molecule has 1 aromatic heterocycles. The summed E-state index contributed by atoms with van der Waals surface area (Å²) in [7, 11) is 0. The van der Waals surface area contributed by atoms with Crippen LogP contribution in [0.15, 0.2) is 66.9 Å². The first-order valence-corrected chi connectivity index (χ1v) is 6.99. The summed E-state index contributed by atoms with van der Waals surface area (Å²) in [5, 5.41) is 3.38. The molecule has 0 aliphatic heterocycles. The molecule has 0 saturated heterocycles. The van der Waals surface area contributed by atoms with Gasteiger partial charge in [-0.05, 0) is 36.2 Å². The Morgan fingerprint density at radius 1 is 0.857 bits per heavy atom. The largest absolute Gasteiger partial charge is 0.379 e. The smallest absolute Gasteiger partial charge is 0.125 e. The molecule has 0 atom stereocenters. The average Bonchev–Trinajstić information content (AvgIpc) is 2.54. The van der Waals surface area contributed by atoms with Crippen molar-refractivity contribution in [3.63, 3.8) is 0 Å². The Balaban J connectivity index is 1.68. The molecule has 3 heteroatoms. The number of hydrogen-bond donors (Lipinski definition) is 1. The van der Waals surface area contributed by atoms with Crippen LogP contribution >= 0.6 is 0 Å². The van der Waals surface area contributed by atoms with Crippen molar-refractivity contribution in [2.45, 2.75) is 13.5 Å². The first-order chi connectivity index (χ1) is 10.3. The number of nitrogens with one attached hydrogen (secondary N) is 1. The summed E-state index contributed by atoms with van der Waals surface area (Å²) in [5.41, 5.74) is 4.54. The van der Waals surface area contributed by atoms with Gasteiger partial charge in [-0.15, -0.1) is 0 Å². The Morgan fingerprint density at radius 3 is 2.29 bits per heavy atom. The SMILES string of the molecule is Cc1nccc(CNc2ccc(-c3ccccc3)cc2)n1. The molecule has 0 unspecified atom stereocenters. The number of hydrogen-bond acceptors (Lipinski definition) is 3. The van der Waals surface area contributed by atoms with E-state index < -0.39 is 0 Å². The van der Waals surface area contributed by atoms with E-state index in [1.807, 2.05) is 19.1 Å². The molecule has 0 saturated carbocycles. The minimum Gasteiger partial charge on any atom is -0.379 e. The van der Waals surface area contributed by atoms with Gasteiger partial charge in [0.05, 0.1) is 12.2 Å². The van der Waals surface area contributed by atoms with E-state index in [1.54, 1.807) is 6.20 Å². The fourth-order valence-corrected chi connectivity index (χ4v) is 2.21. The molecule has 1 heterocycles. The van der Waals surface area contributed by atoms with Crippen molar-refractivity contribution in [1.82, 2.24) is 9.97 Å². The van der Waals surface area contributed by atoms with Gasteiger partial charge in [-0.25, -0.2) is 9.97 Å². The molecule has 0 aliphatic carbocycles. The minimum absolute atomic E-state index is 0.702. The van der Waals surface area contributed by atoms with Crippen LogP contribution in [-0.2, 0) is 6.54 Å². The van der Waals surface area contributed by atoms with Crippen LogP contribution < -0.4 is 5.32 Å². The van der Waals surface area contributed by atoms with E-state index in [0.717, 1.165) is 17.2 Å². The van der Waals surface area contributed by atoms with E-state index in [-0.39, 0.29) is 0 Å². The standard InChI is InChI=1S/C18H17N3/c1-14-19-12-11-18(21-14)13-20-17-9-7-16(8-10-17)15-5-3-2-4-6-15/h2-12,20H,13H2,1H3. The summed E-state index contributed by atoms with van der Waals surface area (Å²) in [5.74, 6) is 0.800. The van der Waals surface area contributed by atoms with Crippen LogP contribution in [0.25, 0.3) is 11.1 Å². The monoisotopic (exact) mass is 275 g/mol. The second-order valence-corrected chi connectivity index (χ2v) is 4.89. The van der Waals surface area contributed by atoms with Gasteiger partial charge in [0.25, 0.3) is 0 Å².